The monoisotopic (exact) mass is 710 g/mol. The van der Waals surface area contributed by atoms with E-state index in [1.165, 1.54) is 26.8 Å². The van der Waals surface area contributed by atoms with E-state index >= 15 is 0 Å². The summed E-state index contributed by atoms with van der Waals surface area (Å²) in [5.41, 5.74) is 1.73. The van der Waals surface area contributed by atoms with Gasteiger partial charge in [0.25, 0.3) is 0 Å². The summed E-state index contributed by atoms with van der Waals surface area (Å²) >= 11 is 0. The Morgan fingerprint density at radius 2 is 1.04 bits per heavy atom. The molecule has 0 aliphatic heterocycles. The third-order valence-corrected chi connectivity index (χ3v) is 8.56. The van der Waals surface area contributed by atoms with Crippen molar-refractivity contribution < 1.29 is 61.3 Å². The van der Waals surface area contributed by atoms with E-state index in [1.807, 2.05) is 0 Å². The molecule has 3 aromatic rings. The maximum atomic E-state index is 14.4. The molecule has 0 heterocycles. The predicted octanol–water partition coefficient (Wildman–Crippen LogP) is 6.26. The van der Waals surface area contributed by atoms with E-state index in [4.69, 9.17) is 32.7 Å². The van der Waals surface area contributed by atoms with Gasteiger partial charge in [-0.05, 0) is 59.5 Å². The zero-order valence-electron chi connectivity index (χ0n) is 28.0. The molecule has 0 fully saturated rings. The van der Waals surface area contributed by atoms with Crippen LogP contribution in [-0.2, 0) is 66.9 Å². The largest absolute Gasteiger partial charge is 0.461 e. The van der Waals surface area contributed by atoms with Gasteiger partial charge in [0, 0.05) is 27.2 Å². The van der Waals surface area contributed by atoms with Crippen LogP contribution < -0.4 is 14.2 Å². The van der Waals surface area contributed by atoms with Gasteiger partial charge >= 0.3 is 37.4 Å². The van der Waals surface area contributed by atoms with Crippen molar-refractivity contribution in [1.29, 1.82) is 0 Å². The van der Waals surface area contributed by atoms with Crippen molar-refractivity contribution >= 4 is 37.4 Å². The fraction of sp³-hybridized carbons (Fsp3) is 0.306. The molecule has 266 valence electrons. The molecule has 0 spiro atoms. The number of carbonyl (C=O) groups excluding carboxylic acids is 5. The fourth-order valence-corrected chi connectivity index (χ4v) is 6.14. The molecular formula is C36H39O13P. The molecule has 50 heavy (non-hydrogen) atoms. The van der Waals surface area contributed by atoms with Crippen molar-refractivity contribution in [2.24, 2.45) is 5.92 Å². The summed E-state index contributed by atoms with van der Waals surface area (Å²) in [7, 11) is -4.11. The Morgan fingerprint density at radius 1 is 0.640 bits per heavy atom. The van der Waals surface area contributed by atoms with E-state index in [-0.39, 0.29) is 39.3 Å². The average molecular weight is 711 g/mol. The Bertz CT molecular complexity index is 1600. The van der Waals surface area contributed by atoms with E-state index in [9.17, 15) is 28.5 Å². The van der Waals surface area contributed by atoms with Gasteiger partial charge in [-0.1, -0.05) is 49.1 Å². The van der Waals surface area contributed by atoms with Gasteiger partial charge in [-0.15, -0.1) is 0 Å². The molecule has 1 unspecified atom stereocenters. The summed E-state index contributed by atoms with van der Waals surface area (Å²) in [4.78, 5) is 59.6. The van der Waals surface area contributed by atoms with Crippen LogP contribution in [0.25, 0.3) is 0 Å². The smallest absolute Gasteiger partial charge is 0.332 e. The predicted molar refractivity (Wildman–Crippen MR) is 179 cm³/mol. The van der Waals surface area contributed by atoms with Crippen LogP contribution in [0.4, 0.5) is 0 Å². The summed E-state index contributed by atoms with van der Waals surface area (Å²) in [6.07, 6.45) is 0.678. The Morgan fingerprint density at radius 3 is 1.42 bits per heavy atom. The second-order valence-corrected chi connectivity index (χ2v) is 13.0. The van der Waals surface area contributed by atoms with Crippen molar-refractivity contribution in [3.63, 3.8) is 0 Å². The lowest BCUT2D eigenvalue weighted by molar-refractivity contribution is -0.150. The Labute approximate surface area is 289 Å². The van der Waals surface area contributed by atoms with Crippen LogP contribution in [0.5, 0.6) is 17.2 Å². The van der Waals surface area contributed by atoms with Crippen LogP contribution in [0.15, 0.2) is 85.5 Å². The molecule has 13 nitrogen and oxygen atoms in total. The van der Waals surface area contributed by atoms with Crippen LogP contribution in [0.1, 0.15) is 50.3 Å². The van der Waals surface area contributed by atoms with Gasteiger partial charge in [-0.2, -0.15) is 0 Å². The molecule has 3 rings (SSSR count). The third kappa shape index (κ3) is 14.6. The van der Waals surface area contributed by atoms with E-state index in [1.54, 1.807) is 72.8 Å². The molecule has 0 radical (unpaired) electrons. The van der Waals surface area contributed by atoms with Gasteiger partial charge in [0.15, 0.2) is 0 Å². The fourth-order valence-electron chi connectivity index (χ4n) is 4.29. The topological polar surface area (TPSA) is 167 Å². The van der Waals surface area contributed by atoms with Gasteiger partial charge in [-0.25, -0.2) is 0 Å². The first-order chi connectivity index (χ1) is 23.8. The first kappa shape index (κ1) is 39.3. The summed E-state index contributed by atoms with van der Waals surface area (Å²) in [5.74, 6) is -2.98. The van der Waals surface area contributed by atoms with E-state index in [0.29, 0.717) is 33.9 Å². The number of carbonyl (C=O) groups is 5. The van der Waals surface area contributed by atoms with Crippen molar-refractivity contribution in [2.75, 3.05) is 12.8 Å². The second-order valence-electron chi connectivity index (χ2n) is 10.9. The second kappa shape index (κ2) is 19.8. The Hall–Kier alpha value is -5.10. The number of esters is 5. The molecule has 0 aromatic heterocycles. The molecule has 0 N–H and O–H groups in total. The lowest BCUT2D eigenvalue weighted by atomic mass is 10.1. The molecule has 0 amide bonds. The first-order valence-corrected chi connectivity index (χ1v) is 17.2. The number of ether oxygens (including phenoxy) is 5. The van der Waals surface area contributed by atoms with Crippen LogP contribution in [-0.4, -0.2) is 42.6 Å². The van der Waals surface area contributed by atoms with Gasteiger partial charge in [0.2, 0.25) is 0 Å². The maximum absolute atomic E-state index is 14.4. The molecule has 1 atom stereocenters. The highest BCUT2D eigenvalue weighted by atomic mass is 31.2. The molecule has 0 saturated heterocycles. The number of rotatable bonds is 19. The summed E-state index contributed by atoms with van der Waals surface area (Å²) in [5, 5.41) is 0. The molecular weight excluding hydrogens is 671 g/mol. The first-order valence-electron chi connectivity index (χ1n) is 15.5. The normalized spacial score (nSPS) is 11.5. The van der Waals surface area contributed by atoms with Crippen molar-refractivity contribution in [2.45, 2.75) is 53.4 Å². The van der Waals surface area contributed by atoms with Crippen LogP contribution in [0.3, 0.4) is 0 Å². The van der Waals surface area contributed by atoms with Crippen molar-refractivity contribution in [3.8, 4) is 17.2 Å². The standard InChI is InChI=1S/C36H39O13P/c1-5-20-43-35(40)19-12-31(36(41)44-21-28-6-13-32(14-7-28)47-25(2)37)24-50(42,45-22-29-8-15-33(16-9-29)48-26(3)38)46-23-30-10-17-34(18-11-30)49-27(4)39/h5-11,13-18,31H,1,12,19-24H2,2-4H3. The number of hydrogen-bond donors (Lipinski definition) is 0. The lowest BCUT2D eigenvalue weighted by Crippen LogP contribution is -2.24. The third-order valence-electron chi connectivity index (χ3n) is 6.63. The lowest BCUT2D eigenvalue weighted by Gasteiger charge is -2.23. The number of hydrogen-bond acceptors (Lipinski definition) is 13. The molecule has 0 aliphatic rings. The van der Waals surface area contributed by atoms with Crippen LogP contribution in [0, 0.1) is 5.92 Å². The molecule has 0 saturated carbocycles. The average Bonchev–Trinajstić information content (AvgIpc) is 3.07. The van der Waals surface area contributed by atoms with E-state index in [0.717, 1.165) is 0 Å². The van der Waals surface area contributed by atoms with Gasteiger partial charge in [-0.3, -0.25) is 28.5 Å². The zero-order valence-corrected chi connectivity index (χ0v) is 28.9. The van der Waals surface area contributed by atoms with Crippen molar-refractivity contribution in [1.82, 2.24) is 0 Å². The number of benzene rings is 3. The zero-order chi connectivity index (χ0) is 36.5. The van der Waals surface area contributed by atoms with E-state index in [2.05, 4.69) is 6.58 Å². The highest BCUT2D eigenvalue weighted by Crippen LogP contribution is 2.52. The minimum Gasteiger partial charge on any atom is -0.461 e. The Kier molecular flexibility index (Phi) is 15.6. The summed E-state index contributed by atoms with van der Waals surface area (Å²) in [6, 6.07) is 19.0. The Balaban J connectivity index is 1.81. The molecule has 3 aromatic carbocycles. The SMILES string of the molecule is C=CCOC(=O)CCC(CP(=O)(OCc1ccc(OC(C)=O)cc1)OCc1ccc(OC(C)=O)cc1)C(=O)OCc1ccc(OC(C)=O)cc1. The minimum atomic E-state index is -4.11. The van der Waals surface area contributed by atoms with Crippen LogP contribution >= 0.6 is 7.60 Å². The highest BCUT2D eigenvalue weighted by Gasteiger charge is 2.35. The van der Waals surface area contributed by atoms with Gasteiger partial charge in [0.1, 0.15) is 30.5 Å². The minimum absolute atomic E-state index is 0.0194. The summed E-state index contributed by atoms with van der Waals surface area (Å²) < 4.78 is 51.9. The van der Waals surface area contributed by atoms with E-state index < -0.39 is 49.5 Å². The van der Waals surface area contributed by atoms with Crippen LogP contribution in [0.2, 0.25) is 0 Å². The maximum Gasteiger partial charge on any atom is 0.332 e. The molecule has 14 heteroatoms. The molecule has 0 aliphatic carbocycles. The molecule has 0 bridgehead atoms. The van der Waals surface area contributed by atoms with Gasteiger partial charge in [0.05, 0.1) is 25.3 Å². The highest BCUT2D eigenvalue weighted by molar-refractivity contribution is 7.53. The summed E-state index contributed by atoms with van der Waals surface area (Å²) in [6.45, 7) is 6.77. The van der Waals surface area contributed by atoms with Crippen molar-refractivity contribution in [3.05, 3.63) is 102 Å². The quantitative estimate of drug-likeness (QED) is 0.0593. The van der Waals surface area contributed by atoms with Gasteiger partial charge < -0.3 is 32.7 Å².